The summed E-state index contributed by atoms with van der Waals surface area (Å²) in [5, 5.41) is 1.06. The van der Waals surface area contributed by atoms with Gasteiger partial charge in [-0.1, -0.05) is 46.3 Å². The van der Waals surface area contributed by atoms with Gasteiger partial charge in [0.1, 0.15) is 12.4 Å². The van der Waals surface area contributed by atoms with Crippen LogP contribution in [-0.2, 0) is 9.53 Å². The molecular weight excluding hydrogens is 380 g/mol. The lowest BCUT2D eigenvalue weighted by atomic mass is 10.0. The van der Waals surface area contributed by atoms with Gasteiger partial charge in [0.2, 0.25) is 0 Å². The molecule has 0 saturated heterocycles. The van der Waals surface area contributed by atoms with Gasteiger partial charge in [-0.15, -0.1) is 0 Å². The number of ether oxygens (including phenoxy) is 1. The molecule has 0 unspecified atom stereocenters. The van der Waals surface area contributed by atoms with E-state index in [1.807, 2.05) is 48.3 Å². The Labute approximate surface area is 155 Å². The fourth-order valence-corrected chi connectivity index (χ4v) is 3.08. The number of benzene rings is 2. The van der Waals surface area contributed by atoms with E-state index in [4.69, 9.17) is 9.72 Å². The monoisotopic (exact) mass is 398 g/mol. The first-order chi connectivity index (χ1) is 12.1. The van der Waals surface area contributed by atoms with Crippen LogP contribution >= 0.6 is 15.9 Å². The summed E-state index contributed by atoms with van der Waals surface area (Å²) in [6.07, 6.45) is 0. The molecule has 0 aliphatic rings. The molecule has 0 saturated carbocycles. The molecule has 0 radical (unpaired) electrons. The normalized spacial score (nSPS) is 10.7. The summed E-state index contributed by atoms with van der Waals surface area (Å²) in [7, 11) is 1.85. The highest BCUT2D eigenvalue weighted by Gasteiger charge is 2.14. The highest BCUT2D eigenvalue weighted by Crippen LogP contribution is 2.32. The topological polar surface area (TPSA) is 42.4 Å². The smallest absolute Gasteiger partial charge is 0.325 e. The summed E-state index contributed by atoms with van der Waals surface area (Å²) in [6.45, 7) is 2.34. The molecular formula is C20H19BrN2O2. The quantitative estimate of drug-likeness (QED) is 0.585. The maximum absolute atomic E-state index is 11.8. The van der Waals surface area contributed by atoms with Crippen molar-refractivity contribution >= 4 is 38.6 Å². The fraction of sp³-hybridized carbons (Fsp3) is 0.200. The lowest BCUT2D eigenvalue weighted by Gasteiger charge is -2.19. The number of fused-ring (bicyclic) bond motifs is 1. The van der Waals surface area contributed by atoms with Crippen LogP contribution in [0.5, 0.6) is 0 Å². The second-order valence-electron chi connectivity index (χ2n) is 5.72. The van der Waals surface area contributed by atoms with Crippen LogP contribution in [0.3, 0.4) is 0 Å². The second kappa shape index (κ2) is 7.66. The van der Waals surface area contributed by atoms with Gasteiger partial charge in [-0.3, -0.25) is 4.79 Å². The van der Waals surface area contributed by atoms with E-state index in [9.17, 15) is 4.79 Å². The van der Waals surface area contributed by atoms with Gasteiger partial charge < -0.3 is 9.64 Å². The maximum atomic E-state index is 11.8. The van der Waals surface area contributed by atoms with Crippen molar-refractivity contribution in [1.29, 1.82) is 0 Å². The molecule has 0 aliphatic carbocycles. The van der Waals surface area contributed by atoms with E-state index in [1.54, 1.807) is 6.92 Å². The number of rotatable bonds is 5. The minimum Gasteiger partial charge on any atom is -0.465 e. The van der Waals surface area contributed by atoms with Crippen LogP contribution in [0, 0.1) is 0 Å². The van der Waals surface area contributed by atoms with Gasteiger partial charge in [0, 0.05) is 16.9 Å². The number of anilines is 1. The number of likely N-dealkylation sites (N-methyl/N-ethyl adjacent to an activating group) is 1. The lowest BCUT2D eigenvalue weighted by molar-refractivity contribution is -0.141. The van der Waals surface area contributed by atoms with E-state index in [2.05, 4.69) is 34.1 Å². The number of carbonyl (C=O) groups excluding carboxylic acids is 1. The van der Waals surface area contributed by atoms with Crippen molar-refractivity contribution in [3.8, 4) is 11.1 Å². The van der Waals surface area contributed by atoms with Crippen molar-refractivity contribution in [2.45, 2.75) is 6.92 Å². The first-order valence-corrected chi connectivity index (χ1v) is 8.90. The highest BCUT2D eigenvalue weighted by molar-refractivity contribution is 9.10. The molecule has 2 aromatic carbocycles. The number of hydrogen-bond acceptors (Lipinski definition) is 4. The third-order valence-electron chi connectivity index (χ3n) is 3.90. The number of carbonyl (C=O) groups is 1. The SMILES string of the molecule is CCOC(=O)CN(C)c1cc(-c2ccccc2)c2cc(Br)ccc2n1. The first kappa shape index (κ1) is 17.4. The zero-order valence-corrected chi connectivity index (χ0v) is 15.8. The van der Waals surface area contributed by atoms with Gasteiger partial charge in [0.15, 0.2) is 0 Å². The number of esters is 1. The molecule has 0 bridgehead atoms. The molecule has 5 heteroatoms. The predicted molar refractivity (Wildman–Crippen MR) is 105 cm³/mol. The average Bonchev–Trinajstić information content (AvgIpc) is 2.61. The van der Waals surface area contributed by atoms with Crippen molar-refractivity contribution in [3.63, 3.8) is 0 Å². The third kappa shape index (κ3) is 3.99. The Hall–Kier alpha value is -2.40. The first-order valence-electron chi connectivity index (χ1n) is 8.11. The molecule has 1 heterocycles. The van der Waals surface area contributed by atoms with Crippen LogP contribution in [0.15, 0.2) is 59.1 Å². The number of halogens is 1. The highest BCUT2D eigenvalue weighted by atomic mass is 79.9. The predicted octanol–water partition coefficient (Wildman–Crippen LogP) is 4.66. The van der Waals surface area contributed by atoms with Crippen LogP contribution in [0.25, 0.3) is 22.0 Å². The Kier molecular flexibility index (Phi) is 5.34. The van der Waals surface area contributed by atoms with Crippen molar-refractivity contribution < 1.29 is 9.53 Å². The number of aromatic nitrogens is 1. The van der Waals surface area contributed by atoms with Crippen LogP contribution in [0.1, 0.15) is 6.92 Å². The minimum absolute atomic E-state index is 0.164. The standard InChI is InChI=1S/C20H19BrN2O2/c1-3-25-20(24)13-23(2)19-12-16(14-7-5-4-6-8-14)17-11-15(21)9-10-18(17)22-19/h4-12H,3,13H2,1-2H3. The van der Waals surface area contributed by atoms with Gasteiger partial charge in [-0.2, -0.15) is 0 Å². The number of nitrogens with zero attached hydrogens (tertiary/aromatic N) is 2. The molecule has 25 heavy (non-hydrogen) atoms. The van der Waals surface area contributed by atoms with Gasteiger partial charge in [-0.05, 0) is 42.3 Å². The molecule has 0 aliphatic heterocycles. The Morgan fingerprint density at radius 1 is 1.16 bits per heavy atom. The fourth-order valence-electron chi connectivity index (χ4n) is 2.72. The lowest BCUT2D eigenvalue weighted by Crippen LogP contribution is -2.27. The van der Waals surface area contributed by atoms with Gasteiger partial charge in [-0.25, -0.2) is 4.98 Å². The zero-order valence-electron chi connectivity index (χ0n) is 14.2. The minimum atomic E-state index is -0.260. The number of hydrogen-bond donors (Lipinski definition) is 0. The zero-order chi connectivity index (χ0) is 17.8. The average molecular weight is 399 g/mol. The Bertz CT molecular complexity index is 897. The van der Waals surface area contributed by atoms with E-state index in [1.165, 1.54) is 0 Å². The molecule has 4 nitrogen and oxygen atoms in total. The summed E-state index contributed by atoms with van der Waals surface area (Å²) < 4.78 is 6.04. The summed E-state index contributed by atoms with van der Waals surface area (Å²) in [5.74, 6) is 0.477. The van der Waals surface area contributed by atoms with Gasteiger partial charge in [0.05, 0.1) is 12.1 Å². The molecule has 0 amide bonds. The molecule has 1 aromatic heterocycles. The summed E-state index contributed by atoms with van der Waals surface area (Å²) in [5.41, 5.74) is 3.08. The van der Waals surface area contributed by atoms with E-state index < -0.39 is 0 Å². The molecule has 0 atom stereocenters. The number of pyridine rings is 1. The Balaban J connectivity index is 2.09. The molecule has 0 spiro atoms. The molecule has 128 valence electrons. The Morgan fingerprint density at radius 3 is 2.64 bits per heavy atom. The van der Waals surface area contributed by atoms with Crippen molar-refractivity contribution in [1.82, 2.24) is 4.98 Å². The summed E-state index contributed by atoms with van der Waals surface area (Å²) in [4.78, 5) is 18.3. The van der Waals surface area contributed by atoms with Crippen molar-refractivity contribution in [2.75, 3.05) is 25.1 Å². The van der Waals surface area contributed by atoms with E-state index >= 15 is 0 Å². The second-order valence-corrected chi connectivity index (χ2v) is 6.63. The summed E-state index contributed by atoms with van der Waals surface area (Å²) in [6, 6.07) is 18.2. The van der Waals surface area contributed by atoms with E-state index in [0.717, 1.165) is 32.3 Å². The third-order valence-corrected chi connectivity index (χ3v) is 4.40. The van der Waals surface area contributed by atoms with Crippen LogP contribution in [0.2, 0.25) is 0 Å². The molecule has 0 N–H and O–H groups in total. The Morgan fingerprint density at radius 2 is 1.92 bits per heavy atom. The van der Waals surface area contributed by atoms with E-state index in [-0.39, 0.29) is 12.5 Å². The van der Waals surface area contributed by atoms with E-state index in [0.29, 0.717) is 6.61 Å². The largest absolute Gasteiger partial charge is 0.465 e. The van der Waals surface area contributed by atoms with Crippen molar-refractivity contribution in [3.05, 3.63) is 59.1 Å². The van der Waals surface area contributed by atoms with Crippen LogP contribution in [-0.4, -0.2) is 31.2 Å². The molecule has 3 aromatic rings. The molecule has 3 rings (SSSR count). The van der Waals surface area contributed by atoms with Crippen LogP contribution in [0.4, 0.5) is 5.82 Å². The van der Waals surface area contributed by atoms with Gasteiger partial charge in [0.25, 0.3) is 0 Å². The maximum Gasteiger partial charge on any atom is 0.325 e. The summed E-state index contributed by atoms with van der Waals surface area (Å²) >= 11 is 3.54. The van der Waals surface area contributed by atoms with Crippen LogP contribution < -0.4 is 4.90 Å². The van der Waals surface area contributed by atoms with Crippen molar-refractivity contribution in [2.24, 2.45) is 0 Å². The van der Waals surface area contributed by atoms with Gasteiger partial charge >= 0.3 is 5.97 Å². The molecule has 0 fully saturated rings.